The van der Waals surface area contributed by atoms with Crippen molar-refractivity contribution in [1.29, 1.82) is 0 Å². The van der Waals surface area contributed by atoms with Crippen LogP contribution in [0, 0.1) is 0 Å². The molecule has 2 heterocycles. The van der Waals surface area contributed by atoms with Gasteiger partial charge in [-0.3, -0.25) is 9.36 Å². The summed E-state index contributed by atoms with van der Waals surface area (Å²) < 4.78 is 17.3. The summed E-state index contributed by atoms with van der Waals surface area (Å²) in [7, 11) is 2.87. The predicted octanol–water partition coefficient (Wildman–Crippen LogP) is 1.97. The number of aromatic nitrogens is 2. The molecule has 0 saturated heterocycles. The Morgan fingerprint density at radius 2 is 2.04 bits per heavy atom. The highest BCUT2D eigenvalue weighted by atomic mass is 32.2. The second-order valence-electron chi connectivity index (χ2n) is 5.44. The number of carbonyl (C=O) groups excluding carboxylic acids is 1. The van der Waals surface area contributed by atoms with E-state index in [1.54, 1.807) is 25.3 Å². The number of esters is 1. The Kier molecular flexibility index (Phi) is 4.82. The maximum Gasteiger partial charge on any atom is 0.343 e. The Balaban J connectivity index is 2.25. The van der Waals surface area contributed by atoms with Crippen LogP contribution in [-0.2, 0) is 11.3 Å². The molecular formula is C17H18N2O6S. The van der Waals surface area contributed by atoms with Crippen LogP contribution >= 0.6 is 11.8 Å². The molecule has 2 aromatic rings. The van der Waals surface area contributed by atoms with Crippen molar-refractivity contribution >= 4 is 17.7 Å². The van der Waals surface area contributed by atoms with Crippen LogP contribution in [0.5, 0.6) is 17.4 Å². The van der Waals surface area contributed by atoms with Gasteiger partial charge in [0.1, 0.15) is 11.1 Å². The zero-order chi connectivity index (χ0) is 19.0. The summed E-state index contributed by atoms with van der Waals surface area (Å²) in [5.74, 6) is -0.516. The first-order chi connectivity index (χ1) is 12.5. The summed E-state index contributed by atoms with van der Waals surface area (Å²) in [5.41, 5.74) is 0.0581. The molecule has 0 saturated carbocycles. The number of methoxy groups -OCH3 is 2. The predicted molar refractivity (Wildman–Crippen MR) is 94.4 cm³/mol. The lowest BCUT2D eigenvalue weighted by Gasteiger charge is -2.16. The average Bonchev–Trinajstić information content (AvgIpc) is 2.97. The zero-order valence-corrected chi connectivity index (χ0v) is 15.5. The minimum Gasteiger partial charge on any atom is -0.493 e. The molecule has 1 N–H and O–H groups in total. The van der Waals surface area contributed by atoms with Crippen LogP contribution in [0.1, 0.15) is 34.5 Å². The van der Waals surface area contributed by atoms with Crippen molar-refractivity contribution in [2.75, 3.05) is 20.5 Å². The third-order valence-electron chi connectivity index (χ3n) is 4.20. The summed E-state index contributed by atoms with van der Waals surface area (Å²) in [5, 5.41) is 10.7. The normalized spacial score (nSPS) is 15.5. The molecule has 1 atom stereocenters. The van der Waals surface area contributed by atoms with Gasteiger partial charge in [0.05, 0.1) is 14.2 Å². The van der Waals surface area contributed by atoms with E-state index in [1.165, 1.54) is 30.5 Å². The summed E-state index contributed by atoms with van der Waals surface area (Å²) in [6, 6.07) is 3.23. The van der Waals surface area contributed by atoms with Crippen LogP contribution in [0.2, 0.25) is 0 Å². The maximum atomic E-state index is 12.9. The summed E-state index contributed by atoms with van der Waals surface area (Å²) in [6.07, 6.45) is 0.695. The Labute approximate surface area is 153 Å². The molecule has 1 aliphatic rings. The first-order valence-electron chi connectivity index (χ1n) is 7.81. The lowest BCUT2D eigenvalue weighted by molar-refractivity contribution is 0.0446. The molecule has 0 spiro atoms. The van der Waals surface area contributed by atoms with Crippen molar-refractivity contribution in [2.45, 2.75) is 24.7 Å². The van der Waals surface area contributed by atoms with Gasteiger partial charge in [-0.25, -0.2) is 4.79 Å². The van der Waals surface area contributed by atoms with Crippen LogP contribution in [0.15, 0.2) is 22.1 Å². The van der Waals surface area contributed by atoms with Crippen molar-refractivity contribution in [3.63, 3.8) is 0 Å². The largest absolute Gasteiger partial charge is 0.493 e. The number of hydrogen-bond acceptors (Lipinski definition) is 8. The average molecular weight is 378 g/mol. The van der Waals surface area contributed by atoms with Gasteiger partial charge in [-0.15, -0.1) is 0 Å². The molecule has 0 radical (unpaired) electrons. The van der Waals surface area contributed by atoms with Crippen molar-refractivity contribution in [2.24, 2.45) is 0 Å². The van der Waals surface area contributed by atoms with E-state index in [4.69, 9.17) is 14.2 Å². The number of ether oxygens (including phenoxy) is 3. The number of cyclic esters (lactones) is 1. The monoisotopic (exact) mass is 378 g/mol. The van der Waals surface area contributed by atoms with Gasteiger partial charge in [0.25, 0.3) is 5.56 Å². The van der Waals surface area contributed by atoms with Gasteiger partial charge in [-0.1, -0.05) is 17.8 Å². The Morgan fingerprint density at radius 1 is 1.31 bits per heavy atom. The molecular weight excluding hydrogens is 360 g/mol. The number of thioether (sulfide) groups is 1. The van der Waals surface area contributed by atoms with E-state index in [0.717, 1.165) is 0 Å². The van der Waals surface area contributed by atoms with Crippen LogP contribution in [0.4, 0.5) is 0 Å². The molecule has 0 aliphatic carbocycles. The number of carbonyl (C=O) groups is 1. The Bertz CT molecular complexity index is 940. The van der Waals surface area contributed by atoms with E-state index in [1.807, 2.05) is 0 Å². The van der Waals surface area contributed by atoms with Crippen LogP contribution in [0.25, 0.3) is 0 Å². The fourth-order valence-corrected chi connectivity index (χ4v) is 3.63. The lowest BCUT2D eigenvalue weighted by Crippen LogP contribution is -2.28. The van der Waals surface area contributed by atoms with Crippen molar-refractivity contribution in [3.05, 3.63) is 39.2 Å². The molecule has 0 bridgehead atoms. The quantitative estimate of drug-likeness (QED) is 0.479. The van der Waals surface area contributed by atoms with Crippen LogP contribution < -0.4 is 15.0 Å². The number of benzene rings is 1. The minimum atomic E-state index is -1.06. The second kappa shape index (κ2) is 6.91. The minimum absolute atomic E-state index is 0.0797. The fourth-order valence-electron chi connectivity index (χ4n) is 3.02. The van der Waals surface area contributed by atoms with E-state index >= 15 is 0 Å². The van der Waals surface area contributed by atoms with Crippen LogP contribution in [0.3, 0.4) is 0 Å². The molecule has 3 rings (SSSR count). The molecule has 0 fully saturated rings. The van der Waals surface area contributed by atoms with E-state index in [9.17, 15) is 14.7 Å². The number of rotatable bonds is 5. The number of nitrogens with zero attached hydrogens (tertiary/aromatic N) is 2. The Morgan fingerprint density at radius 3 is 2.62 bits per heavy atom. The first kappa shape index (κ1) is 18.1. The van der Waals surface area contributed by atoms with Crippen molar-refractivity contribution < 1.29 is 24.1 Å². The summed E-state index contributed by atoms with van der Waals surface area (Å²) in [4.78, 5) is 29.4. The van der Waals surface area contributed by atoms with Gasteiger partial charge >= 0.3 is 5.97 Å². The molecule has 1 aliphatic heterocycles. The van der Waals surface area contributed by atoms with E-state index < -0.39 is 23.5 Å². The third kappa shape index (κ3) is 2.59. The molecule has 138 valence electrons. The molecule has 1 aromatic carbocycles. The molecule has 9 heteroatoms. The van der Waals surface area contributed by atoms with Gasteiger partial charge in [0.2, 0.25) is 5.88 Å². The van der Waals surface area contributed by atoms with E-state index in [-0.39, 0.29) is 16.9 Å². The number of hydrogen-bond donors (Lipinski definition) is 1. The molecule has 1 aromatic heterocycles. The van der Waals surface area contributed by atoms with Gasteiger partial charge < -0.3 is 19.3 Å². The van der Waals surface area contributed by atoms with Crippen molar-refractivity contribution in [3.8, 4) is 17.4 Å². The SMILES string of the molecule is CCn1c(SC)nc(O)c([C@H]2OC(=O)c3c2ccc(OC)c3OC)c1=O. The third-order valence-corrected chi connectivity index (χ3v) is 4.88. The smallest absolute Gasteiger partial charge is 0.343 e. The first-order valence-corrected chi connectivity index (χ1v) is 9.04. The van der Waals surface area contributed by atoms with Gasteiger partial charge in [-0.05, 0) is 19.2 Å². The molecule has 0 unspecified atom stereocenters. The molecule has 0 amide bonds. The fraction of sp³-hybridized carbons (Fsp3) is 0.353. The van der Waals surface area contributed by atoms with E-state index in [0.29, 0.717) is 23.0 Å². The highest BCUT2D eigenvalue weighted by Gasteiger charge is 2.40. The molecule has 26 heavy (non-hydrogen) atoms. The highest BCUT2D eigenvalue weighted by Crippen LogP contribution is 2.44. The lowest BCUT2D eigenvalue weighted by atomic mass is 9.99. The topological polar surface area (TPSA) is 99.9 Å². The Hall–Kier alpha value is -2.68. The zero-order valence-electron chi connectivity index (χ0n) is 14.7. The molecule has 8 nitrogen and oxygen atoms in total. The summed E-state index contributed by atoms with van der Waals surface area (Å²) >= 11 is 1.24. The van der Waals surface area contributed by atoms with E-state index in [2.05, 4.69) is 4.98 Å². The van der Waals surface area contributed by atoms with Gasteiger partial charge in [0.15, 0.2) is 22.8 Å². The number of aromatic hydroxyl groups is 1. The second-order valence-corrected chi connectivity index (χ2v) is 6.21. The highest BCUT2D eigenvalue weighted by molar-refractivity contribution is 7.98. The van der Waals surface area contributed by atoms with Crippen LogP contribution in [-0.4, -0.2) is 41.1 Å². The maximum absolute atomic E-state index is 12.9. The van der Waals surface area contributed by atoms with Gasteiger partial charge in [-0.2, -0.15) is 4.98 Å². The van der Waals surface area contributed by atoms with Crippen molar-refractivity contribution in [1.82, 2.24) is 9.55 Å². The standard InChI is InChI=1S/C17H18N2O6S/c1-5-19-15(21)11(14(20)18-17(19)26-4)12-8-6-7-9(23-2)13(24-3)10(8)16(22)25-12/h6-7,12,20H,5H2,1-4H3/t12-/m0/s1. The number of fused-ring (bicyclic) bond motifs is 1. The van der Waals surface area contributed by atoms with Gasteiger partial charge in [0, 0.05) is 12.1 Å². The summed E-state index contributed by atoms with van der Waals surface area (Å²) in [6.45, 7) is 2.17.